The molecule has 112 valence electrons. The van der Waals surface area contributed by atoms with Gasteiger partial charge in [-0.2, -0.15) is 0 Å². The van der Waals surface area contributed by atoms with Gasteiger partial charge in [-0.3, -0.25) is 14.2 Å². The second-order valence-corrected chi connectivity index (χ2v) is 4.89. The molecule has 0 aromatic carbocycles. The van der Waals surface area contributed by atoms with E-state index in [1.165, 1.54) is 17.0 Å². The number of aromatic nitrogens is 3. The van der Waals surface area contributed by atoms with Gasteiger partial charge in [-0.15, -0.1) is 0 Å². The van der Waals surface area contributed by atoms with Gasteiger partial charge in [-0.05, 0) is 20.8 Å². The van der Waals surface area contributed by atoms with Gasteiger partial charge >= 0.3 is 0 Å². The van der Waals surface area contributed by atoms with Crippen LogP contribution in [0.3, 0.4) is 0 Å². The highest BCUT2D eigenvalue weighted by atomic mass is 16.5. The Morgan fingerprint density at radius 1 is 1.38 bits per heavy atom. The molecule has 0 aliphatic rings. The highest BCUT2D eigenvalue weighted by Crippen LogP contribution is 2.12. The molecule has 0 spiro atoms. The maximum absolute atomic E-state index is 11.9. The number of hydrogen-bond acceptors (Lipinski definition) is 5. The van der Waals surface area contributed by atoms with Crippen LogP contribution >= 0.6 is 0 Å². The third-order valence-corrected chi connectivity index (χ3v) is 3.21. The molecule has 0 saturated carbocycles. The SMILES string of the molecule is Cc1cc(=O)n(CCNC(=O)Cc2c(C)noc2C)cn1. The second-order valence-electron chi connectivity index (χ2n) is 4.89. The van der Waals surface area contributed by atoms with Gasteiger partial charge < -0.3 is 9.84 Å². The molecule has 21 heavy (non-hydrogen) atoms. The first-order chi connectivity index (χ1) is 9.97. The third kappa shape index (κ3) is 3.77. The van der Waals surface area contributed by atoms with Crippen LogP contribution in [0.4, 0.5) is 0 Å². The van der Waals surface area contributed by atoms with Crippen molar-refractivity contribution in [3.63, 3.8) is 0 Å². The number of hydrogen-bond donors (Lipinski definition) is 1. The van der Waals surface area contributed by atoms with Crippen molar-refractivity contribution >= 4 is 5.91 Å². The molecule has 0 fully saturated rings. The summed E-state index contributed by atoms with van der Waals surface area (Å²) >= 11 is 0. The predicted molar refractivity (Wildman–Crippen MR) is 75.9 cm³/mol. The largest absolute Gasteiger partial charge is 0.361 e. The van der Waals surface area contributed by atoms with E-state index in [1.807, 2.05) is 0 Å². The molecule has 2 heterocycles. The van der Waals surface area contributed by atoms with E-state index in [4.69, 9.17) is 4.52 Å². The van der Waals surface area contributed by atoms with Crippen LogP contribution in [0.1, 0.15) is 22.7 Å². The zero-order valence-electron chi connectivity index (χ0n) is 12.3. The molecule has 7 heteroatoms. The van der Waals surface area contributed by atoms with E-state index in [1.54, 1.807) is 20.8 Å². The van der Waals surface area contributed by atoms with Crippen LogP contribution in [0, 0.1) is 20.8 Å². The van der Waals surface area contributed by atoms with Crippen molar-refractivity contribution in [2.75, 3.05) is 6.54 Å². The van der Waals surface area contributed by atoms with Gasteiger partial charge in [-0.1, -0.05) is 5.16 Å². The molecule has 1 N–H and O–H groups in total. The Bertz CT molecular complexity index is 683. The number of carbonyl (C=O) groups is 1. The van der Waals surface area contributed by atoms with Crippen LogP contribution in [0.25, 0.3) is 0 Å². The van der Waals surface area contributed by atoms with Crippen molar-refractivity contribution in [1.82, 2.24) is 20.0 Å². The minimum absolute atomic E-state index is 0.123. The molecule has 0 atom stereocenters. The van der Waals surface area contributed by atoms with Gasteiger partial charge in [0, 0.05) is 30.4 Å². The summed E-state index contributed by atoms with van der Waals surface area (Å²) in [6.45, 7) is 6.10. The van der Waals surface area contributed by atoms with E-state index in [-0.39, 0.29) is 17.9 Å². The highest BCUT2D eigenvalue weighted by molar-refractivity contribution is 5.78. The number of nitrogens with zero attached hydrogens (tertiary/aromatic N) is 3. The number of rotatable bonds is 5. The monoisotopic (exact) mass is 290 g/mol. The summed E-state index contributed by atoms with van der Waals surface area (Å²) in [5.74, 6) is 0.527. The normalized spacial score (nSPS) is 10.6. The Morgan fingerprint density at radius 2 is 2.14 bits per heavy atom. The number of aryl methyl sites for hydroxylation is 3. The maximum Gasteiger partial charge on any atom is 0.253 e. The molecule has 0 aliphatic heterocycles. The first kappa shape index (κ1) is 15.0. The summed E-state index contributed by atoms with van der Waals surface area (Å²) in [7, 11) is 0. The Balaban J connectivity index is 1.86. The molecule has 2 rings (SSSR count). The Kier molecular flexibility index (Phi) is 4.52. The molecule has 0 aliphatic carbocycles. The molecule has 0 bridgehead atoms. The average Bonchev–Trinajstić information content (AvgIpc) is 2.73. The summed E-state index contributed by atoms with van der Waals surface area (Å²) in [6.07, 6.45) is 1.71. The molecule has 1 amide bonds. The summed E-state index contributed by atoms with van der Waals surface area (Å²) < 4.78 is 6.47. The van der Waals surface area contributed by atoms with E-state index in [0.29, 0.717) is 24.5 Å². The zero-order chi connectivity index (χ0) is 15.4. The third-order valence-electron chi connectivity index (χ3n) is 3.21. The lowest BCUT2D eigenvalue weighted by Crippen LogP contribution is -2.31. The van der Waals surface area contributed by atoms with E-state index in [0.717, 1.165) is 11.3 Å². The topological polar surface area (TPSA) is 90.0 Å². The van der Waals surface area contributed by atoms with Crippen LogP contribution in [0.15, 0.2) is 21.7 Å². The van der Waals surface area contributed by atoms with Crippen molar-refractivity contribution < 1.29 is 9.32 Å². The molecule has 7 nitrogen and oxygen atoms in total. The van der Waals surface area contributed by atoms with Gasteiger partial charge in [0.2, 0.25) is 5.91 Å². The summed E-state index contributed by atoms with van der Waals surface area (Å²) in [4.78, 5) is 27.6. The summed E-state index contributed by atoms with van der Waals surface area (Å²) in [5, 5.41) is 6.58. The second kappa shape index (κ2) is 6.34. The highest BCUT2D eigenvalue weighted by Gasteiger charge is 2.12. The Hall–Kier alpha value is -2.44. The van der Waals surface area contributed by atoms with Crippen LogP contribution in [-0.4, -0.2) is 27.2 Å². The molecular weight excluding hydrogens is 272 g/mol. The fourth-order valence-corrected chi connectivity index (χ4v) is 1.98. The van der Waals surface area contributed by atoms with E-state index < -0.39 is 0 Å². The van der Waals surface area contributed by atoms with Crippen LogP contribution in [0.5, 0.6) is 0 Å². The lowest BCUT2D eigenvalue weighted by Gasteiger charge is -2.07. The van der Waals surface area contributed by atoms with Gasteiger partial charge in [-0.25, -0.2) is 4.98 Å². The van der Waals surface area contributed by atoms with E-state index >= 15 is 0 Å². The van der Waals surface area contributed by atoms with Crippen molar-refractivity contribution in [3.8, 4) is 0 Å². The fourth-order valence-electron chi connectivity index (χ4n) is 1.98. The van der Waals surface area contributed by atoms with Crippen molar-refractivity contribution in [2.45, 2.75) is 33.7 Å². The number of nitrogens with one attached hydrogen (secondary N) is 1. The fraction of sp³-hybridized carbons (Fsp3) is 0.429. The van der Waals surface area contributed by atoms with Gasteiger partial charge in [0.25, 0.3) is 5.56 Å². The van der Waals surface area contributed by atoms with Crippen LogP contribution in [-0.2, 0) is 17.8 Å². The van der Waals surface area contributed by atoms with Crippen LogP contribution < -0.4 is 10.9 Å². The molecule has 0 radical (unpaired) electrons. The van der Waals surface area contributed by atoms with Crippen molar-refractivity contribution in [1.29, 1.82) is 0 Å². The molecular formula is C14H18N4O3. The predicted octanol–water partition coefficient (Wildman–Crippen LogP) is 0.515. The Labute approximate surface area is 122 Å². The first-order valence-corrected chi connectivity index (χ1v) is 6.69. The van der Waals surface area contributed by atoms with Gasteiger partial charge in [0.15, 0.2) is 0 Å². The zero-order valence-corrected chi connectivity index (χ0v) is 12.3. The quantitative estimate of drug-likeness (QED) is 0.866. The number of amides is 1. The lowest BCUT2D eigenvalue weighted by molar-refractivity contribution is -0.120. The van der Waals surface area contributed by atoms with Gasteiger partial charge in [0.05, 0.1) is 18.4 Å². The van der Waals surface area contributed by atoms with Gasteiger partial charge in [0.1, 0.15) is 5.76 Å². The smallest absolute Gasteiger partial charge is 0.253 e. The molecule has 2 aromatic heterocycles. The maximum atomic E-state index is 11.9. The summed E-state index contributed by atoms with van der Waals surface area (Å²) in [5.41, 5.74) is 2.09. The van der Waals surface area contributed by atoms with E-state index in [2.05, 4.69) is 15.5 Å². The standard InChI is InChI=1S/C14H18N4O3/c1-9-6-14(20)18(8-16-9)5-4-15-13(19)7-12-10(2)17-21-11(12)3/h6,8H,4-5,7H2,1-3H3,(H,15,19). The van der Waals surface area contributed by atoms with E-state index in [9.17, 15) is 9.59 Å². The minimum Gasteiger partial charge on any atom is -0.361 e. The Morgan fingerprint density at radius 3 is 2.76 bits per heavy atom. The molecule has 0 saturated heterocycles. The van der Waals surface area contributed by atoms with Crippen molar-refractivity contribution in [2.24, 2.45) is 0 Å². The van der Waals surface area contributed by atoms with Crippen LogP contribution in [0.2, 0.25) is 0 Å². The molecule has 0 unspecified atom stereocenters. The number of carbonyl (C=O) groups excluding carboxylic acids is 1. The average molecular weight is 290 g/mol. The lowest BCUT2D eigenvalue weighted by atomic mass is 10.1. The summed E-state index contributed by atoms with van der Waals surface area (Å²) in [6, 6.07) is 1.46. The molecule has 2 aromatic rings. The first-order valence-electron chi connectivity index (χ1n) is 6.69. The minimum atomic E-state index is -0.127. The van der Waals surface area contributed by atoms with Crippen molar-refractivity contribution in [3.05, 3.63) is 45.5 Å².